The first-order chi connectivity index (χ1) is 15.2. The van der Waals surface area contributed by atoms with Crippen molar-refractivity contribution in [2.45, 2.75) is 30.7 Å². The second-order valence-electron chi connectivity index (χ2n) is 7.92. The van der Waals surface area contributed by atoms with E-state index in [2.05, 4.69) is 0 Å². The third-order valence-corrected chi connectivity index (χ3v) is 6.22. The maximum Gasteiger partial charge on any atom is 0.204 e. The zero-order chi connectivity index (χ0) is 23.3. The van der Waals surface area contributed by atoms with Gasteiger partial charge in [0, 0.05) is 36.1 Å². The van der Waals surface area contributed by atoms with E-state index >= 15 is 0 Å². The highest BCUT2D eigenvalue weighted by molar-refractivity contribution is 5.96. The minimum Gasteiger partial charge on any atom is -0.507 e. The van der Waals surface area contributed by atoms with Crippen molar-refractivity contribution in [1.29, 1.82) is 0 Å². The summed E-state index contributed by atoms with van der Waals surface area (Å²) in [6, 6.07) is 3.99. The Bertz CT molecular complexity index is 1230. The van der Waals surface area contributed by atoms with Crippen LogP contribution in [-0.2, 0) is 0 Å². The van der Waals surface area contributed by atoms with Crippen LogP contribution in [0.25, 0.3) is 21.9 Å². The van der Waals surface area contributed by atoms with Gasteiger partial charge in [-0.2, -0.15) is 0 Å². The van der Waals surface area contributed by atoms with Gasteiger partial charge in [-0.15, -0.1) is 0 Å². The molecule has 1 fully saturated rings. The van der Waals surface area contributed by atoms with Crippen LogP contribution < -0.4 is 14.9 Å². The molecule has 6 N–H and O–H groups in total. The van der Waals surface area contributed by atoms with Crippen molar-refractivity contribution >= 4 is 21.9 Å². The molecule has 10 nitrogen and oxygen atoms in total. The highest BCUT2D eigenvalue weighted by Gasteiger charge is 2.45. The van der Waals surface area contributed by atoms with Crippen LogP contribution >= 0.6 is 0 Å². The lowest BCUT2D eigenvalue weighted by molar-refractivity contribution is -0.127. The molecular formula is C22H24O10. The van der Waals surface area contributed by atoms with E-state index < -0.39 is 53.7 Å². The van der Waals surface area contributed by atoms with Gasteiger partial charge in [0.05, 0.1) is 31.8 Å². The van der Waals surface area contributed by atoms with Crippen molar-refractivity contribution < 1.29 is 44.5 Å². The van der Waals surface area contributed by atoms with Crippen molar-refractivity contribution in [3.63, 3.8) is 0 Å². The number of hydrogen-bond acceptors (Lipinski definition) is 10. The predicted molar refractivity (Wildman–Crippen MR) is 112 cm³/mol. The number of rotatable bonds is 4. The van der Waals surface area contributed by atoms with Crippen LogP contribution in [0, 0.1) is 5.92 Å². The Hall–Kier alpha value is -3.05. The molecule has 1 aromatic heterocycles. The largest absolute Gasteiger partial charge is 0.507 e. The summed E-state index contributed by atoms with van der Waals surface area (Å²) in [6.45, 7) is -0.481. The summed E-state index contributed by atoms with van der Waals surface area (Å²) in [5.74, 6) is -2.36. The second-order valence-corrected chi connectivity index (χ2v) is 7.92. The molecule has 0 aliphatic heterocycles. The maximum atomic E-state index is 13.3. The smallest absolute Gasteiger partial charge is 0.204 e. The molecule has 2 aromatic carbocycles. The minimum absolute atomic E-state index is 0.0492. The molecule has 32 heavy (non-hydrogen) atoms. The van der Waals surface area contributed by atoms with Crippen LogP contribution in [0.1, 0.15) is 17.9 Å². The van der Waals surface area contributed by atoms with E-state index in [0.717, 1.165) is 6.07 Å². The molecule has 3 aromatic rings. The number of fused-ring (bicyclic) bond motifs is 2. The Morgan fingerprint density at radius 2 is 1.62 bits per heavy atom. The molecule has 1 heterocycles. The molecule has 0 bridgehead atoms. The van der Waals surface area contributed by atoms with Gasteiger partial charge in [0.1, 0.15) is 34.2 Å². The van der Waals surface area contributed by atoms with Gasteiger partial charge >= 0.3 is 0 Å². The number of aliphatic hydroxyl groups excluding tert-OH is 4. The number of phenolic OH excluding ortho intramolecular Hbond substituents is 2. The summed E-state index contributed by atoms with van der Waals surface area (Å²) in [7, 11) is 2.83. The predicted octanol–water partition coefficient (Wildman–Crippen LogP) is 0.553. The summed E-state index contributed by atoms with van der Waals surface area (Å²) in [4.78, 5) is 13.3. The Morgan fingerprint density at radius 1 is 0.969 bits per heavy atom. The molecule has 0 spiro atoms. The average molecular weight is 448 g/mol. The van der Waals surface area contributed by atoms with E-state index in [1.165, 1.54) is 26.4 Å². The summed E-state index contributed by atoms with van der Waals surface area (Å²) < 4.78 is 16.2. The number of aliphatic hydroxyl groups is 4. The fourth-order valence-corrected chi connectivity index (χ4v) is 4.48. The topological polar surface area (TPSA) is 170 Å². The monoisotopic (exact) mass is 448 g/mol. The Kier molecular flexibility index (Phi) is 5.63. The van der Waals surface area contributed by atoms with Gasteiger partial charge in [0.25, 0.3) is 0 Å². The van der Waals surface area contributed by atoms with Gasteiger partial charge in [0.2, 0.25) is 5.43 Å². The molecule has 1 aliphatic rings. The molecule has 5 atom stereocenters. The maximum absolute atomic E-state index is 13.3. The van der Waals surface area contributed by atoms with Crippen LogP contribution in [0.15, 0.2) is 27.4 Å². The fourth-order valence-electron chi connectivity index (χ4n) is 4.48. The van der Waals surface area contributed by atoms with Crippen LogP contribution in [0.5, 0.6) is 23.0 Å². The fraction of sp³-hybridized carbons (Fsp3) is 0.409. The summed E-state index contributed by atoms with van der Waals surface area (Å²) in [5, 5.41) is 61.8. The van der Waals surface area contributed by atoms with Crippen LogP contribution in [-0.4, -0.2) is 69.8 Å². The SMILES string of the molecule is COc1cc2oc3cc(O)c(C4C[C@H](CO)[C@@H](O)[C@H](O)[C@H]4O)c(O)c3c(=O)c2cc1OC. The summed E-state index contributed by atoms with van der Waals surface area (Å²) in [5.41, 5.74) is -0.742. The molecule has 0 amide bonds. The van der Waals surface area contributed by atoms with Gasteiger partial charge in [0.15, 0.2) is 11.5 Å². The lowest BCUT2D eigenvalue weighted by Crippen LogP contribution is -2.51. The lowest BCUT2D eigenvalue weighted by atomic mass is 9.72. The number of phenols is 2. The van der Waals surface area contributed by atoms with E-state index in [1.54, 1.807) is 0 Å². The number of hydrogen-bond donors (Lipinski definition) is 6. The standard InChI is InChI=1S/C22H24O10/c1-30-13-4-9-12(6-14(13)31-2)32-15-5-11(24)16(21(28)17(15)19(9)26)10-3-8(7-23)18(25)22(29)20(10)27/h4-6,8,10,18,20,22-25,27-29H,3,7H2,1-2H3/t8-,10?,18-,20+,22+/m1/s1. The molecule has 1 unspecified atom stereocenters. The quantitative estimate of drug-likeness (QED) is 0.310. The Morgan fingerprint density at radius 3 is 2.25 bits per heavy atom. The molecule has 4 rings (SSSR count). The van der Waals surface area contributed by atoms with Gasteiger partial charge in [-0.3, -0.25) is 4.79 Å². The van der Waals surface area contributed by atoms with Crippen molar-refractivity contribution in [3.05, 3.63) is 34.0 Å². The zero-order valence-electron chi connectivity index (χ0n) is 17.3. The van der Waals surface area contributed by atoms with Gasteiger partial charge in [-0.05, 0) is 12.5 Å². The molecule has 172 valence electrons. The van der Waals surface area contributed by atoms with E-state index in [-0.39, 0.29) is 39.7 Å². The van der Waals surface area contributed by atoms with Crippen molar-refractivity contribution in [2.75, 3.05) is 20.8 Å². The molecule has 0 saturated heterocycles. The molecule has 1 saturated carbocycles. The molecule has 0 radical (unpaired) electrons. The number of aromatic hydroxyl groups is 2. The highest BCUT2D eigenvalue weighted by Crippen LogP contribution is 2.47. The van der Waals surface area contributed by atoms with E-state index in [9.17, 15) is 35.4 Å². The molecule has 10 heteroatoms. The molecular weight excluding hydrogens is 424 g/mol. The van der Waals surface area contributed by atoms with Crippen LogP contribution in [0.2, 0.25) is 0 Å². The summed E-state index contributed by atoms with van der Waals surface area (Å²) >= 11 is 0. The lowest BCUT2D eigenvalue weighted by Gasteiger charge is -2.40. The summed E-state index contributed by atoms with van der Waals surface area (Å²) in [6.07, 6.45) is -4.61. The van der Waals surface area contributed by atoms with Crippen molar-refractivity contribution in [3.8, 4) is 23.0 Å². The highest BCUT2D eigenvalue weighted by atomic mass is 16.5. The Balaban J connectivity index is 1.97. The van der Waals surface area contributed by atoms with Crippen molar-refractivity contribution in [2.24, 2.45) is 5.92 Å². The first kappa shape index (κ1) is 22.2. The normalized spacial score (nSPS) is 25.9. The van der Waals surface area contributed by atoms with Gasteiger partial charge < -0.3 is 44.5 Å². The zero-order valence-corrected chi connectivity index (χ0v) is 17.3. The number of benzene rings is 2. The number of methoxy groups -OCH3 is 2. The average Bonchev–Trinajstić information content (AvgIpc) is 2.77. The minimum atomic E-state index is -1.62. The third kappa shape index (κ3) is 3.23. The van der Waals surface area contributed by atoms with Crippen LogP contribution in [0.3, 0.4) is 0 Å². The first-order valence-corrected chi connectivity index (χ1v) is 9.95. The first-order valence-electron chi connectivity index (χ1n) is 9.95. The van der Waals surface area contributed by atoms with Crippen molar-refractivity contribution in [1.82, 2.24) is 0 Å². The van der Waals surface area contributed by atoms with E-state index in [4.69, 9.17) is 13.9 Å². The molecule has 1 aliphatic carbocycles. The number of ether oxygens (including phenoxy) is 2. The van der Waals surface area contributed by atoms with Gasteiger partial charge in [-0.25, -0.2) is 0 Å². The second kappa shape index (κ2) is 8.14. The van der Waals surface area contributed by atoms with E-state index in [0.29, 0.717) is 5.75 Å². The van der Waals surface area contributed by atoms with Gasteiger partial charge in [-0.1, -0.05) is 0 Å². The van der Waals surface area contributed by atoms with E-state index in [1.807, 2.05) is 0 Å². The van der Waals surface area contributed by atoms with Crippen LogP contribution in [0.4, 0.5) is 0 Å². The third-order valence-electron chi connectivity index (χ3n) is 6.22. The Labute approximate surface area is 181 Å².